The third kappa shape index (κ3) is 3.58. The van der Waals surface area contributed by atoms with Crippen molar-refractivity contribution in [3.05, 3.63) is 17.5 Å². The second-order valence-corrected chi connectivity index (χ2v) is 3.74. The first kappa shape index (κ1) is 13.2. The molecule has 94 valence electrons. The molecule has 0 fully saturated rings. The summed E-state index contributed by atoms with van der Waals surface area (Å²) in [6.45, 7) is 4.20. The van der Waals surface area contributed by atoms with Crippen LogP contribution in [0, 0.1) is 6.92 Å². The minimum absolute atomic E-state index is 0.0465. The number of nitrogens with zero attached hydrogens (tertiary/aromatic N) is 2. The molecule has 0 saturated heterocycles. The highest BCUT2D eigenvalue weighted by Crippen LogP contribution is 2.04. The van der Waals surface area contributed by atoms with E-state index in [1.165, 1.54) is 12.0 Å². The maximum atomic E-state index is 12.0. The van der Waals surface area contributed by atoms with Crippen molar-refractivity contribution < 1.29 is 14.3 Å². The number of amides is 1. The first-order chi connectivity index (χ1) is 8.08. The number of carbonyl (C=O) groups is 2. The summed E-state index contributed by atoms with van der Waals surface area (Å²) in [6.07, 6.45) is 0.770. The molecule has 6 nitrogen and oxygen atoms in total. The molecule has 0 saturated carbocycles. The van der Waals surface area contributed by atoms with Gasteiger partial charge in [0.15, 0.2) is 0 Å². The van der Waals surface area contributed by atoms with Crippen LogP contribution in [-0.4, -0.2) is 47.2 Å². The van der Waals surface area contributed by atoms with Crippen molar-refractivity contribution in [3.8, 4) is 0 Å². The maximum absolute atomic E-state index is 12.0. The first-order valence-corrected chi connectivity index (χ1v) is 5.46. The van der Waals surface area contributed by atoms with Crippen molar-refractivity contribution in [3.63, 3.8) is 0 Å². The van der Waals surface area contributed by atoms with Gasteiger partial charge in [0.2, 0.25) is 0 Å². The summed E-state index contributed by atoms with van der Waals surface area (Å²) in [5, 5.41) is 6.58. The number of esters is 1. The molecular formula is C11H17N3O3. The highest BCUT2D eigenvalue weighted by atomic mass is 16.5. The summed E-state index contributed by atoms with van der Waals surface area (Å²) >= 11 is 0. The summed E-state index contributed by atoms with van der Waals surface area (Å²) in [5.41, 5.74) is 1.13. The maximum Gasteiger partial charge on any atom is 0.325 e. The summed E-state index contributed by atoms with van der Waals surface area (Å²) in [6, 6.07) is 1.66. The second-order valence-electron chi connectivity index (χ2n) is 3.74. The lowest BCUT2D eigenvalue weighted by atomic mass is 10.3. The van der Waals surface area contributed by atoms with E-state index in [0.29, 0.717) is 12.2 Å². The molecule has 0 aliphatic heterocycles. The van der Waals surface area contributed by atoms with Crippen LogP contribution in [-0.2, 0) is 9.53 Å². The minimum Gasteiger partial charge on any atom is -0.468 e. The van der Waals surface area contributed by atoms with Gasteiger partial charge in [0, 0.05) is 12.2 Å². The summed E-state index contributed by atoms with van der Waals surface area (Å²) in [4.78, 5) is 24.7. The zero-order valence-electron chi connectivity index (χ0n) is 10.3. The number of H-pyrrole nitrogens is 1. The predicted octanol–water partition coefficient (Wildman–Crippen LogP) is 0.743. The molecule has 6 heteroatoms. The Morgan fingerprint density at radius 3 is 2.71 bits per heavy atom. The first-order valence-electron chi connectivity index (χ1n) is 5.46. The number of methoxy groups -OCH3 is 1. The van der Waals surface area contributed by atoms with Crippen molar-refractivity contribution >= 4 is 11.9 Å². The molecule has 0 aliphatic carbocycles. The lowest BCUT2D eigenvalue weighted by molar-refractivity contribution is -0.141. The molecule has 1 rings (SSSR count). The van der Waals surface area contributed by atoms with Crippen molar-refractivity contribution in [2.75, 3.05) is 20.2 Å². The van der Waals surface area contributed by atoms with E-state index in [2.05, 4.69) is 14.9 Å². The molecule has 1 N–H and O–H groups in total. The number of nitrogens with one attached hydrogen (secondary N) is 1. The number of rotatable bonds is 5. The van der Waals surface area contributed by atoms with Crippen LogP contribution in [0.2, 0.25) is 0 Å². The zero-order chi connectivity index (χ0) is 12.8. The Labute approximate surface area is 99.9 Å². The number of hydrogen-bond donors (Lipinski definition) is 1. The van der Waals surface area contributed by atoms with E-state index in [1.54, 1.807) is 6.07 Å². The van der Waals surface area contributed by atoms with Crippen LogP contribution >= 0.6 is 0 Å². The summed E-state index contributed by atoms with van der Waals surface area (Å²) in [5.74, 6) is -0.694. The number of aromatic nitrogens is 2. The van der Waals surface area contributed by atoms with Gasteiger partial charge in [-0.25, -0.2) is 0 Å². The van der Waals surface area contributed by atoms with Gasteiger partial charge in [0.25, 0.3) is 5.91 Å². The number of aryl methyl sites for hydroxylation is 1. The van der Waals surface area contributed by atoms with Crippen LogP contribution in [0.15, 0.2) is 6.07 Å². The molecule has 0 atom stereocenters. The molecule has 0 aliphatic rings. The van der Waals surface area contributed by atoms with Gasteiger partial charge < -0.3 is 9.64 Å². The fourth-order valence-electron chi connectivity index (χ4n) is 1.43. The van der Waals surface area contributed by atoms with E-state index in [0.717, 1.165) is 12.1 Å². The zero-order valence-corrected chi connectivity index (χ0v) is 10.3. The van der Waals surface area contributed by atoms with E-state index < -0.39 is 5.97 Å². The minimum atomic E-state index is -0.431. The van der Waals surface area contributed by atoms with Crippen LogP contribution in [0.5, 0.6) is 0 Å². The van der Waals surface area contributed by atoms with Crippen LogP contribution in [0.4, 0.5) is 0 Å². The smallest absolute Gasteiger partial charge is 0.325 e. The topological polar surface area (TPSA) is 75.3 Å². The van der Waals surface area contributed by atoms with Gasteiger partial charge in [0.1, 0.15) is 12.2 Å². The highest BCUT2D eigenvalue weighted by molar-refractivity contribution is 5.94. The molecular weight excluding hydrogens is 222 g/mol. The monoisotopic (exact) mass is 239 g/mol. The Bertz CT molecular complexity index is 400. The molecule has 17 heavy (non-hydrogen) atoms. The van der Waals surface area contributed by atoms with E-state index in [-0.39, 0.29) is 12.5 Å². The molecule has 0 bridgehead atoms. The number of aromatic amines is 1. The Balaban J connectivity index is 2.76. The van der Waals surface area contributed by atoms with Crippen molar-refractivity contribution in [2.24, 2.45) is 0 Å². The SMILES string of the molecule is CCCN(CC(=O)OC)C(=O)c1cc(C)[nH]n1. The summed E-state index contributed by atoms with van der Waals surface area (Å²) in [7, 11) is 1.30. The van der Waals surface area contributed by atoms with Gasteiger partial charge in [-0.05, 0) is 19.4 Å². The van der Waals surface area contributed by atoms with Crippen molar-refractivity contribution in [1.82, 2.24) is 15.1 Å². The molecule has 0 radical (unpaired) electrons. The van der Waals surface area contributed by atoms with Gasteiger partial charge in [-0.1, -0.05) is 6.92 Å². The lowest BCUT2D eigenvalue weighted by Gasteiger charge is -2.19. The van der Waals surface area contributed by atoms with Crippen LogP contribution in [0.3, 0.4) is 0 Å². The Morgan fingerprint density at radius 1 is 1.53 bits per heavy atom. The molecule has 0 spiro atoms. The largest absolute Gasteiger partial charge is 0.468 e. The normalized spacial score (nSPS) is 10.1. The third-order valence-corrected chi connectivity index (χ3v) is 2.25. The Kier molecular flexibility index (Phi) is 4.68. The predicted molar refractivity (Wildman–Crippen MR) is 61.5 cm³/mol. The van der Waals surface area contributed by atoms with Gasteiger partial charge in [-0.2, -0.15) is 5.10 Å². The highest BCUT2D eigenvalue weighted by Gasteiger charge is 2.20. The second kappa shape index (κ2) is 6.03. The number of hydrogen-bond acceptors (Lipinski definition) is 4. The molecule has 1 aromatic rings. The van der Waals surface area contributed by atoms with Crippen molar-refractivity contribution in [2.45, 2.75) is 20.3 Å². The fourth-order valence-corrected chi connectivity index (χ4v) is 1.43. The molecule has 1 amide bonds. The Morgan fingerprint density at radius 2 is 2.24 bits per heavy atom. The van der Waals surface area contributed by atoms with Crippen LogP contribution in [0.1, 0.15) is 29.5 Å². The van der Waals surface area contributed by atoms with Crippen LogP contribution < -0.4 is 0 Å². The van der Waals surface area contributed by atoms with E-state index in [9.17, 15) is 9.59 Å². The standard InChI is InChI=1S/C11H17N3O3/c1-4-5-14(7-10(15)17-3)11(16)9-6-8(2)12-13-9/h6H,4-5,7H2,1-3H3,(H,12,13). The molecule has 0 unspecified atom stereocenters. The average Bonchev–Trinajstić information content (AvgIpc) is 2.74. The number of carbonyl (C=O) groups excluding carboxylic acids is 2. The van der Waals surface area contributed by atoms with E-state index in [1.807, 2.05) is 13.8 Å². The van der Waals surface area contributed by atoms with Gasteiger partial charge in [-0.15, -0.1) is 0 Å². The van der Waals surface area contributed by atoms with E-state index in [4.69, 9.17) is 0 Å². The third-order valence-electron chi connectivity index (χ3n) is 2.25. The molecule has 1 heterocycles. The quantitative estimate of drug-likeness (QED) is 0.769. The van der Waals surface area contributed by atoms with Gasteiger partial charge >= 0.3 is 5.97 Å². The number of ether oxygens (including phenoxy) is 1. The molecule has 1 aromatic heterocycles. The van der Waals surface area contributed by atoms with Gasteiger partial charge in [0.05, 0.1) is 7.11 Å². The molecule has 0 aromatic carbocycles. The van der Waals surface area contributed by atoms with Crippen molar-refractivity contribution in [1.29, 1.82) is 0 Å². The lowest BCUT2D eigenvalue weighted by Crippen LogP contribution is -2.37. The fraction of sp³-hybridized carbons (Fsp3) is 0.545. The summed E-state index contributed by atoms with van der Waals surface area (Å²) < 4.78 is 4.56. The van der Waals surface area contributed by atoms with Gasteiger partial charge in [-0.3, -0.25) is 14.7 Å². The van der Waals surface area contributed by atoms with Crippen LogP contribution in [0.25, 0.3) is 0 Å². The van der Waals surface area contributed by atoms with E-state index >= 15 is 0 Å². The average molecular weight is 239 g/mol. The Hall–Kier alpha value is -1.85.